The summed E-state index contributed by atoms with van der Waals surface area (Å²) in [5.74, 6) is -1.25. The van der Waals surface area contributed by atoms with Gasteiger partial charge in [-0.3, -0.25) is 0 Å². The van der Waals surface area contributed by atoms with Gasteiger partial charge in [0.05, 0.1) is 0 Å². The van der Waals surface area contributed by atoms with E-state index in [2.05, 4.69) is 16.6 Å². The number of carboxylic acids is 1. The Morgan fingerprint density at radius 2 is 2.00 bits per heavy atom. The van der Waals surface area contributed by atoms with Gasteiger partial charge in [0.25, 0.3) is 0 Å². The van der Waals surface area contributed by atoms with E-state index in [0.29, 0.717) is 0 Å². The van der Waals surface area contributed by atoms with Crippen molar-refractivity contribution in [2.75, 3.05) is 6.61 Å². The van der Waals surface area contributed by atoms with Crippen LogP contribution in [-0.4, -0.2) is 33.6 Å². The molecule has 0 fully saturated rings. The molecule has 0 aromatic rings. The lowest BCUT2D eigenvalue weighted by Crippen LogP contribution is -2.42. The number of carboxylic acid groups (broad SMARTS) is 1. The number of ether oxygens (including phenoxy) is 1. The fraction of sp³-hybridized carbons (Fsp3) is 0.500. The van der Waals surface area contributed by atoms with Crippen LogP contribution in [0.15, 0.2) is 12.2 Å². The average Bonchev–Trinajstić information content (AvgIpc) is 2.08. The number of aliphatic carboxylic acids is 1. The third-order valence-corrected chi connectivity index (χ3v) is 1.70. The fourth-order valence-corrected chi connectivity index (χ4v) is 0.866. The molecule has 0 saturated carbocycles. The predicted molar refractivity (Wildman–Crippen MR) is 61.0 cm³/mol. The van der Waals surface area contributed by atoms with Gasteiger partial charge >= 0.3 is 12.1 Å². The van der Waals surface area contributed by atoms with E-state index in [-0.39, 0.29) is 5.57 Å². The normalized spacial score (nSPS) is 12.8. The first-order chi connectivity index (χ1) is 7.13. The monoisotopic (exact) mass is 289 g/mol. The molecular formula is C8H10Cl3NO4. The molecule has 0 unspecified atom stereocenters. The van der Waals surface area contributed by atoms with E-state index in [0.717, 1.165) is 0 Å². The van der Waals surface area contributed by atoms with Gasteiger partial charge in [-0.25, -0.2) is 9.59 Å². The highest BCUT2D eigenvalue weighted by Gasteiger charge is 2.25. The maximum Gasteiger partial charge on any atom is 0.408 e. The minimum Gasteiger partial charge on any atom is -0.479 e. The molecule has 0 aromatic carbocycles. The maximum absolute atomic E-state index is 11.1. The molecule has 0 aliphatic carbocycles. The SMILES string of the molecule is C=C(C)[C@@H](NC(=O)OCC(Cl)(Cl)Cl)C(=O)O. The van der Waals surface area contributed by atoms with Crippen LogP contribution < -0.4 is 5.32 Å². The van der Waals surface area contributed by atoms with Crippen molar-refractivity contribution in [3.8, 4) is 0 Å². The van der Waals surface area contributed by atoms with Crippen molar-refractivity contribution in [2.45, 2.75) is 16.8 Å². The summed E-state index contributed by atoms with van der Waals surface area (Å²) in [6.45, 7) is 4.38. The lowest BCUT2D eigenvalue weighted by atomic mass is 10.1. The Morgan fingerprint density at radius 3 is 2.31 bits per heavy atom. The van der Waals surface area contributed by atoms with Gasteiger partial charge in [-0.15, -0.1) is 0 Å². The van der Waals surface area contributed by atoms with Crippen LogP contribution in [0.2, 0.25) is 0 Å². The second-order valence-corrected chi connectivity index (χ2v) is 5.47. The Balaban J connectivity index is 4.22. The van der Waals surface area contributed by atoms with Crippen LogP contribution in [0.4, 0.5) is 4.79 Å². The molecule has 1 atom stereocenters. The van der Waals surface area contributed by atoms with Gasteiger partial charge in [0.2, 0.25) is 3.79 Å². The predicted octanol–water partition coefficient (Wildman–Crippen LogP) is 2.11. The van der Waals surface area contributed by atoms with Crippen molar-refractivity contribution < 1.29 is 19.4 Å². The average molecular weight is 291 g/mol. The smallest absolute Gasteiger partial charge is 0.408 e. The van der Waals surface area contributed by atoms with Crippen molar-refractivity contribution in [3.05, 3.63) is 12.2 Å². The number of halogens is 3. The van der Waals surface area contributed by atoms with Crippen LogP contribution in [0.25, 0.3) is 0 Å². The standard InChI is InChI=1S/C8H10Cl3NO4/c1-4(2)5(6(13)14)12-7(15)16-3-8(9,10)11/h5H,1,3H2,2H3,(H,12,15)(H,13,14)/t5-/m1/s1. The third-order valence-electron chi connectivity index (χ3n) is 1.37. The maximum atomic E-state index is 11.1. The van der Waals surface area contributed by atoms with E-state index in [4.69, 9.17) is 39.9 Å². The highest BCUT2D eigenvalue weighted by Crippen LogP contribution is 2.25. The molecule has 0 radical (unpaired) electrons. The second kappa shape index (κ2) is 6.18. The van der Waals surface area contributed by atoms with Gasteiger partial charge in [-0.2, -0.15) is 0 Å². The van der Waals surface area contributed by atoms with Crippen LogP contribution in [0.3, 0.4) is 0 Å². The number of rotatable bonds is 4. The summed E-state index contributed by atoms with van der Waals surface area (Å²) in [4.78, 5) is 21.8. The zero-order valence-corrected chi connectivity index (χ0v) is 10.6. The largest absolute Gasteiger partial charge is 0.479 e. The van der Waals surface area contributed by atoms with Gasteiger partial charge in [0.15, 0.2) is 6.04 Å². The number of carbonyl (C=O) groups excluding carboxylic acids is 1. The summed E-state index contributed by atoms with van der Waals surface area (Å²) >= 11 is 16.0. The fourth-order valence-electron chi connectivity index (χ4n) is 0.703. The van der Waals surface area contributed by atoms with Crippen LogP contribution in [0.5, 0.6) is 0 Å². The highest BCUT2D eigenvalue weighted by molar-refractivity contribution is 6.67. The Labute approximate surface area is 107 Å². The number of alkyl halides is 3. The van der Waals surface area contributed by atoms with Gasteiger partial charge in [0, 0.05) is 0 Å². The van der Waals surface area contributed by atoms with Crippen molar-refractivity contribution in [1.82, 2.24) is 5.32 Å². The lowest BCUT2D eigenvalue weighted by Gasteiger charge is -2.16. The van der Waals surface area contributed by atoms with Gasteiger partial charge in [-0.1, -0.05) is 41.4 Å². The lowest BCUT2D eigenvalue weighted by molar-refractivity contribution is -0.138. The molecule has 5 nitrogen and oxygen atoms in total. The zero-order chi connectivity index (χ0) is 12.9. The molecule has 0 aromatic heterocycles. The van der Waals surface area contributed by atoms with Crippen LogP contribution >= 0.6 is 34.8 Å². The summed E-state index contributed by atoms with van der Waals surface area (Å²) in [7, 11) is 0. The quantitative estimate of drug-likeness (QED) is 0.614. The Kier molecular flexibility index (Phi) is 5.92. The third kappa shape index (κ3) is 6.76. The molecule has 0 saturated heterocycles. The number of nitrogens with one attached hydrogen (secondary N) is 1. The molecule has 0 heterocycles. The van der Waals surface area contributed by atoms with E-state index in [9.17, 15) is 9.59 Å². The second-order valence-electron chi connectivity index (χ2n) is 2.95. The summed E-state index contributed by atoms with van der Waals surface area (Å²) in [6.07, 6.45) is -0.998. The number of amides is 1. The van der Waals surface area contributed by atoms with Crippen LogP contribution in [0.1, 0.15) is 6.92 Å². The minimum atomic E-state index is -1.74. The summed E-state index contributed by atoms with van der Waals surface area (Å²) in [5.41, 5.74) is 0.248. The molecule has 0 rings (SSSR count). The first-order valence-corrected chi connectivity index (χ1v) is 5.15. The molecule has 0 aliphatic rings. The number of hydrogen-bond acceptors (Lipinski definition) is 3. The Hall–Kier alpha value is -0.650. The molecule has 0 spiro atoms. The number of carbonyl (C=O) groups is 2. The topological polar surface area (TPSA) is 75.6 Å². The molecular weight excluding hydrogens is 280 g/mol. The van der Waals surface area contributed by atoms with Crippen LogP contribution in [-0.2, 0) is 9.53 Å². The van der Waals surface area contributed by atoms with E-state index in [1.807, 2.05) is 0 Å². The van der Waals surface area contributed by atoms with Gasteiger partial charge in [-0.05, 0) is 12.5 Å². The van der Waals surface area contributed by atoms with E-state index in [1.165, 1.54) is 6.92 Å². The van der Waals surface area contributed by atoms with Crippen molar-refractivity contribution in [1.29, 1.82) is 0 Å². The minimum absolute atomic E-state index is 0.248. The van der Waals surface area contributed by atoms with Crippen molar-refractivity contribution in [3.63, 3.8) is 0 Å². The van der Waals surface area contributed by atoms with Crippen LogP contribution in [0, 0.1) is 0 Å². The number of alkyl carbamates (subject to hydrolysis) is 1. The number of hydrogen-bond donors (Lipinski definition) is 2. The molecule has 1 amide bonds. The molecule has 0 aliphatic heterocycles. The van der Waals surface area contributed by atoms with Crippen molar-refractivity contribution >= 4 is 46.9 Å². The molecule has 92 valence electrons. The summed E-state index contributed by atoms with van der Waals surface area (Å²) in [6, 6.07) is -1.23. The Morgan fingerprint density at radius 1 is 1.50 bits per heavy atom. The molecule has 8 heteroatoms. The first kappa shape index (κ1) is 15.3. The Bertz CT molecular complexity index is 286. The van der Waals surface area contributed by atoms with Crippen molar-refractivity contribution in [2.24, 2.45) is 0 Å². The zero-order valence-electron chi connectivity index (χ0n) is 8.30. The van der Waals surface area contributed by atoms with E-state index < -0.39 is 28.5 Å². The highest BCUT2D eigenvalue weighted by atomic mass is 35.6. The summed E-state index contributed by atoms with van der Waals surface area (Å²) in [5, 5.41) is 10.8. The first-order valence-electron chi connectivity index (χ1n) is 4.01. The molecule has 0 bridgehead atoms. The van der Waals surface area contributed by atoms with E-state index >= 15 is 0 Å². The molecule has 16 heavy (non-hydrogen) atoms. The van der Waals surface area contributed by atoms with Gasteiger partial charge in [0.1, 0.15) is 6.61 Å². The van der Waals surface area contributed by atoms with E-state index in [1.54, 1.807) is 0 Å². The van der Waals surface area contributed by atoms with Gasteiger partial charge < -0.3 is 15.2 Å². The summed E-state index contributed by atoms with van der Waals surface area (Å²) < 4.78 is 2.75. The molecule has 2 N–H and O–H groups in total.